The Morgan fingerprint density at radius 2 is 1.89 bits per heavy atom. The van der Waals surface area contributed by atoms with Gasteiger partial charge in [0.25, 0.3) is 5.91 Å². The Balaban J connectivity index is 2.31. The van der Waals surface area contributed by atoms with Crippen LogP contribution in [0, 0.1) is 13.8 Å². The summed E-state index contributed by atoms with van der Waals surface area (Å²) < 4.78 is 7.24. The van der Waals surface area contributed by atoms with Gasteiger partial charge in [-0.05, 0) is 39.3 Å². The smallest absolute Gasteiger partial charge is 0.305 e. The molecule has 0 aliphatic rings. The molecule has 1 amide bonds. The van der Waals surface area contributed by atoms with E-state index in [0.29, 0.717) is 5.56 Å². The van der Waals surface area contributed by atoms with E-state index in [-0.39, 0.29) is 25.0 Å². The molecule has 2 N–H and O–H groups in total. The average Bonchev–Trinajstić information content (AvgIpc) is 2.89. The number of amides is 1. The highest BCUT2D eigenvalue weighted by molar-refractivity contribution is 5.96. The average molecular weight is 372 g/mol. The summed E-state index contributed by atoms with van der Waals surface area (Å²) in [6.45, 7) is 7.76. The van der Waals surface area contributed by atoms with Crippen LogP contribution in [0.1, 0.15) is 53.6 Å². The maximum absolute atomic E-state index is 12.9. The molecule has 1 aromatic heterocycles. The number of ether oxygens (including phenoxy) is 1. The first-order chi connectivity index (χ1) is 12.7. The number of carbonyl (C=O) groups is 2. The van der Waals surface area contributed by atoms with E-state index < -0.39 is 11.5 Å². The molecule has 146 valence electrons. The fourth-order valence-corrected chi connectivity index (χ4v) is 3.61. The van der Waals surface area contributed by atoms with E-state index in [9.17, 15) is 9.59 Å². The summed E-state index contributed by atoms with van der Waals surface area (Å²) in [4.78, 5) is 24.1. The number of aliphatic carboxylic acids is 1. The molecule has 1 heterocycles. The van der Waals surface area contributed by atoms with Crippen LogP contribution in [0.3, 0.4) is 0 Å². The molecule has 2 rings (SSSR count). The van der Waals surface area contributed by atoms with Gasteiger partial charge in [0.05, 0.1) is 30.2 Å². The van der Waals surface area contributed by atoms with E-state index in [0.717, 1.165) is 17.0 Å². The van der Waals surface area contributed by atoms with Crippen LogP contribution in [-0.2, 0) is 9.53 Å². The first-order valence-electron chi connectivity index (χ1n) is 8.95. The van der Waals surface area contributed by atoms with Crippen molar-refractivity contribution in [2.45, 2.75) is 45.7 Å². The van der Waals surface area contributed by atoms with Gasteiger partial charge >= 0.3 is 5.97 Å². The predicted molar refractivity (Wildman–Crippen MR) is 104 cm³/mol. The van der Waals surface area contributed by atoms with Gasteiger partial charge < -0.3 is 19.7 Å². The fraction of sp³-hybridized carbons (Fsp3) is 0.429. The van der Waals surface area contributed by atoms with E-state index in [2.05, 4.69) is 28.9 Å². The van der Waals surface area contributed by atoms with Crippen LogP contribution >= 0.6 is 0 Å². The number of nitrogens with one attached hydrogen (secondary N) is 1. The number of rotatable bonds is 8. The SMILES string of the molecule is COCC(C)(CC(=O)O)NC(=O)c1cc(C)n(C(C)c2ccccc2)c1C. The Kier molecular flexibility index (Phi) is 6.44. The van der Waals surface area contributed by atoms with Crippen LogP contribution in [0.2, 0.25) is 0 Å². The molecule has 2 unspecified atom stereocenters. The molecule has 2 aromatic rings. The third kappa shape index (κ3) is 4.77. The zero-order valence-corrected chi connectivity index (χ0v) is 16.6. The highest BCUT2D eigenvalue weighted by Crippen LogP contribution is 2.26. The molecule has 27 heavy (non-hydrogen) atoms. The zero-order chi connectivity index (χ0) is 20.2. The second-order valence-corrected chi connectivity index (χ2v) is 7.26. The van der Waals surface area contributed by atoms with Crippen LogP contribution < -0.4 is 5.32 Å². The molecule has 0 radical (unpaired) electrons. The largest absolute Gasteiger partial charge is 0.481 e. The second-order valence-electron chi connectivity index (χ2n) is 7.26. The maximum atomic E-state index is 12.9. The topological polar surface area (TPSA) is 80.6 Å². The van der Waals surface area contributed by atoms with Crippen LogP contribution in [0.15, 0.2) is 36.4 Å². The zero-order valence-electron chi connectivity index (χ0n) is 16.6. The molecular formula is C21H28N2O4. The lowest BCUT2D eigenvalue weighted by Crippen LogP contribution is -2.50. The standard InChI is InChI=1S/C21H28N2O4/c1-14-11-18(20(26)22-21(4,13-27-5)12-19(24)25)16(3)23(14)15(2)17-9-7-6-8-10-17/h6-11,15H,12-13H2,1-5H3,(H,22,26)(H,24,25). The molecule has 2 atom stereocenters. The summed E-state index contributed by atoms with van der Waals surface area (Å²) in [5, 5.41) is 12.0. The number of nitrogens with zero attached hydrogens (tertiary/aromatic N) is 1. The molecule has 0 spiro atoms. The summed E-state index contributed by atoms with van der Waals surface area (Å²) in [6, 6.07) is 12.0. The van der Waals surface area contributed by atoms with Gasteiger partial charge in [0, 0.05) is 18.5 Å². The fourth-order valence-electron chi connectivity index (χ4n) is 3.61. The number of carbonyl (C=O) groups excluding carboxylic acids is 1. The van der Waals surface area contributed by atoms with Crippen molar-refractivity contribution >= 4 is 11.9 Å². The summed E-state index contributed by atoms with van der Waals surface area (Å²) in [5.74, 6) is -1.28. The van der Waals surface area contributed by atoms with E-state index in [4.69, 9.17) is 9.84 Å². The van der Waals surface area contributed by atoms with Crippen LogP contribution in [0.5, 0.6) is 0 Å². The minimum atomic E-state index is -0.988. The van der Waals surface area contributed by atoms with Crippen molar-refractivity contribution in [2.24, 2.45) is 0 Å². The van der Waals surface area contributed by atoms with Crippen molar-refractivity contribution in [3.8, 4) is 0 Å². The molecule has 0 aliphatic heterocycles. The molecule has 0 aliphatic carbocycles. The van der Waals surface area contributed by atoms with Crippen LogP contribution in [0.25, 0.3) is 0 Å². The molecule has 1 aromatic carbocycles. The highest BCUT2D eigenvalue weighted by Gasteiger charge is 2.31. The predicted octanol–water partition coefficient (Wildman–Crippen LogP) is 3.32. The normalized spacial score (nSPS) is 14.4. The lowest BCUT2D eigenvalue weighted by molar-refractivity contribution is -0.139. The number of methoxy groups -OCH3 is 1. The summed E-state index contributed by atoms with van der Waals surface area (Å²) in [6.07, 6.45) is -0.217. The van der Waals surface area contributed by atoms with Gasteiger partial charge in [0.15, 0.2) is 0 Å². The van der Waals surface area contributed by atoms with Gasteiger partial charge in [-0.15, -0.1) is 0 Å². The summed E-state index contributed by atoms with van der Waals surface area (Å²) in [5.41, 5.74) is 2.53. The molecular weight excluding hydrogens is 344 g/mol. The van der Waals surface area contributed by atoms with Gasteiger partial charge in [-0.2, -0.15) is 0 Å². The lowest BCUT2D eigenvalue weighted by atomic mass is 9.98. The van der Waals surface area contributed by atoms with Crippen LogP contribution in [0.4, 0.5) is 0 Å². The number of carboxylic acids is 1. The highest BCUT2D eigenvalue weighted by atomic mass is 16.5. The quantitative estimate of drug-likeness (QED) is 0.745. The first kappa shape index (κ1) is 20.7. The van der Waals surface area contributed by atoms with Crippen molar-refractivity contribution in [1.82, 2.24) is 9.88 Å². The molecule has 6 nitrogen and oxygen atoms in total. The Bertz CT molecular complexity index is 813. The number of carboxylic acid groups (broad SMARTS) is 1. The third-order valence-electron chi connectivity index (χ3n) is 4.82. The second kappa shape index (κ2) is 8.39. The summed E-state index contributed by atoms with van der Waals surface area (Å²) in [7, 11) is 1.49. The monoisotopic (exact) mass is 372 g/mol. The minimum Gasteiger partial charge on any atom is -0.481 e. The Labute approximate surface area is 160 Å². The van der Waals surface area contributed by atoms with Crippen molar-refractivity contribution < 1.29 is 19.4 Å². The maximum Gasteiger partial charge on any atom is 0.305 e. The van der Waals surface area contributed by atoms with Gasteiger partial charge in [-0.25, -0.2) is 0 Å². The van der Waals surface area contributed by atoms with Gasteiger partial charge in [0.1, 0.15) is 0 Å². The van der Waals surface area contributed by atoms with Crippen molar-refractivity contribution in [3.05, 3.63) is 58.9 Å². The summed E-state index contributed by atoms with van der Waals surface area (Å²) >= 11 is 0. The minimum absolute atomic E-state index is 0.0807. The van der Waals surface area contributed by atoms with E-state index in [1.165, 1.54) is 7.11 Å². The lowest BCUT2D eigenvalue weighted by Gasteiger charge is -2.28. The number of hydrogen-bond acceptors (Lipinski definition) is 3. The Morgan fingerprint density at radius 1 is 1.26 bits per heavy atom. The van der Waals surface area contributed by atoms with Crippen molar-refractivity contribution in [2.75, 3.05) is 13.7 Å². The van der Waals surface area contributed by atoms with Gasteiger partial charge in [-0.1, -0.05) is 30.3 Å². The Hall–Kier alpha value is -2.60. The van der Waals surface area contributed by atoms with Crippen molar-refractivity contribution in [3.63, 3.8) is 0 Å². The molecule has 0 bridgehead atoms. The number of aromatic nitrogens is 1. The first-order valence-corrected chi connectivity index (χ1v) is 8.95. The van der Waals surface area contributed by atoms with Crippen molar-refractivity contribution in [1.29, 1.82) is 0 Å². The Morgan fingerprint density at radius 3 is 2.44 bits per heavy atom. The van der Waals surface area contributed by atoms with E-state index in [1.807, 2.05) is 38.1 Å². The van der Waals surface area contributed by atoms with Crippen LogP contribution in [-0.4, -0.2) is 40.8 Å². The van der Waals surface area contributed by atoms with Gasteiger partial charge in [-0.3, -0.25) is 9.59 Å². The molecule has 0 saturated carbocycles. The molecule has 0 saturated heterocycles. The van der Waals surface area contributed by atoms with E-state index >= 15 is 0 Å². The number of aryl methyl sites for hydroxylation is 1. The van der Waals surface area contributed by atoms with E-state index in [1.54, 1.807) is 6.92 Å². The third-order valence-corrected chi connectivity index (χ3v) is 4.82. The number of hydrogen-bond donors (Lipinski definition) is 2. The number of benzene rings is 1. The van der Waals surface area contributed by atoms with Gasteiger partial charge in [0.2, 0.25) is 0 Å². The molecule has 6 heteroatoms. The molecule has 0 fully saturated rings.